The average Bonchev–Trinajstić information content (AvgIpc) is 2.53. The van der Waals surface area contributed by atoms with Crippen molar-refractivity contribution < 1.29 is 4.74 Å². The number of benzene rings is 1. The van der Waals surface area contributed by atoms with Crippen LogP contribution in [0.2, 0.25) is 0 Å². The van der Waals surface area contributed by atoms with Crippen molar-refractivity contribution in [3.8, 4) is 5.75 Å². The SMILES string of the molecule is CNc1ncccc1COc1ccc2cccnc2c1. The molecule has 1 N–H and O–H groups in total. The summed E-state index contributed by atoms with van der Waals surface area (Å²) in [6.07, 6.45) is 3.54. The molecule has 0 unspecified atom stereocenters. The Kier molecular flexibility index (Phi) is 3.46. The van der Waals surface area contributed by atoms with Crippen LogP contribution in [-0.4, -0.2) is 17.0 Å². The highest BCUT2D eigenvalue weighted by Crippen LogP contribution is 2.20. The Morgan fingerprint density at radius 1 is 1.05 bits per heavy atom. The van der Waals surface area contributed by atoms with E-state index in [4.69, 9.17) is 4.74 Å². The summed E-state index contributed by atoms with van der Waals surface area (Å²) in [4.78, 5) is 8.58. The van der Waals surface area contributed by atoms with Crippen molar-refractivity contribution in [1.29, 1.82) is 0 Å². The molecule has 3 rings (SSSR count). The summed E-state index contributed by atoms with van der Waals surface area (Å²) < 4.78 is 5.82. The third-order valence-electron chi connectivity index (χ3n) is 3.10. The lowest BCUT2D eigenvalue weighted by Gasteiger charge is -2.10. The van der Waals surface area contributed by atoms with E-state index in [-0.39, 0.29) is 0 Å². The Morgan fingerprint density at radius 3 is 2.80 bits per heavy atom. The van der Waals surface area contributed by atoms with E-state index in [0.29, 0.717) is 6.61 Å². The minimum Gasteiger partial charge on any atom is -0.489 e. The van der Waals surface area contributed by atoms with Crippen molar-refractivity contribution in [2.45, 2.75) is 6.61 Å². The highest BCUT2D eigenvalue weighted by molar-refractivity contribution is 5.79. The van der Waals surface area contributed by atoms with Crippen LogP contribution >= 0.6 is 0 Å². The molecule has 0 atom stereocenters. The Bertz CT molecular complexity index is 727. The molecular weight excluding hydrogens is 250 g/mol. The fourth-order valence-corrected chi connectivity index (χ4v) is 2.08. The average molecular weight is 265 g/mol. The maximum absolute atomic E-state index is 5.82. The fourth-order valence-electron chi connectivity index (χ4n) is 2.08. The Balaban J connectivity index is 1.79. The van der Waals surface area contributed by atoms with Gasteiger partial charge in [0.2, 0.25) is 0 Å². The molecule has 2 aromatic heterocycles. The summed E-state index contributed by atoms with van der Waals surface area (Å²) in [5.74, 6) is 1.65. The zero-order chi connectivity index (χ0) is 13.8. The molecule has 0 aliphatic heterocycles. The summed E-state index contributed by atoms with van der Waals surface area (Å²) in [6, 6.07) is 13.8. The van der Waals surface area contributed by atoms with Crippen molar-refractivity contribution in [2.24, 2.45) is 0 Å². The minimum absolute atomic E-state index is 0.475. The first-order chi connectivity index (χ1) is 9.86. The predicted octanol–water partition coefficient (Wildman–Crippen LogP) is 3.25. The number of ether oxygens (including phenoxy) is 1. The molecule has 4 nitrogen and oxygen atoms in total. The normalized spacial score (nSPS) is 10.4. The third kappa shape index (κ3) is 2.54. The van der Waals surface area contributed by atoms with E-state index in [9.17, 15) is 0 Å². The fraction of sp³-hybridized carbons (Fsp3) is 0.125. The van der Waals surface area contributed by atoms with Crippen molar-refractivity contribution in [2.75, 3.05) is 12.4 Å². The lowest BCUT2D eigenvalue weighted by molar-refractivity contribution is 0.307. The van der Waals surface area contributed by atoms with E-state index in [1.54, 1.807) is 12.4 Å². The molecule has 0 radical (unpaired) electrons. The van der Waals surface area contributed by atoms with Gasteiger partial charge >= 0.3 is 0 Å². The lowest BCUT2D eigenvalue weighted by atomic mass is 10.2. The number of hydrogen-bond acceptors (Lipinski definition) is 4. The van der Waals surface area contributed by atoms with Crippen molar-refractivity contribution in [3.05, 3.63) is 60.4 Å². The number of nitrogens with zero attached hydrogens (tertiary/aromatic N) is 2. The van der Waals surface area contributed by atoms with Crippen LogP contribution in [-0.2, 0) is 6.61 Å². The Labute approximate surface area is 117 Å². The zero-order valence-corrected chi connectivity index (χ0v) is 11.2. The van der Waals surface area contributed by atoms with E-state index in [1.807, 2.05) is 49.5 Å². The maximum Gasteiger partial charge on any atom is 0.132 e. The van der Waals surface area contributed by atoms with Gasteiger partial charge in [0, 0.05) is 36.5 Å². The molecule has 0 saturated heterocycles. The number of pyridine rings is 2. The number of nitrogens with one attached hydrogen (secondary N) is 1. The first-order valence-electron chi connectivity index (χ1n) is 6.46. The van der Waals surface area contributed by atoms with Gasteiger partial charge in [0.1, 0.15) is 18.2 Å². The van der Waals surface area contributed by atoms with Gasteiger partial charge in [0.05, 0.1) is 5.52 Å². The summed E-state index contributed by atoms with van der Waals surface area (Å²) in [7, 11) is 1.85. The van der Waals surface area contributed by atoms with Crippen LogP contribution in [0.4, 0.5) is 5.82 Å². The van der Waals surface area contributed by atoms with Crippen molar-refractivity contribution in [3.63, 3.8) is 0 Å². The second kappa shape index (κ2) is 5.57. The molecule has 4 heteroatoms. The molecule has 3 aromatic rings. The van der Waals surface area contributed by atoms with Gasteiger partial charge in [0.15, 0.2) is 0 Å². The third-order valence-corrected chi connectivity index (χ3v) is 3.10. The number of hydrogen-bond donors (Lipinski definition) is 1. The van der Waals surface area contributed by atoms with E-state index >= 15 is 0 Å². The molecule has 20 heavy (non-hydrogen) atoms. The van der Waals surface area contributed by atoms with Crippen molar-refractivity contribution in [1.82, 2.24) is 9.97 Å². The van der Waals surface area contributed by atoms with Gasteiger partial charge in [-0.05, 0) is 24.3 Å². The topological polar surface area (TPSA) is 47.0 Å². The summed E-state index contributed by atoms with van der Waals surface area (Å²) >= 11 is 0. The summed E-state index contributed by atoms with van der Waals surface area (Å²) in [5.41, 5.74) is 1.96. The molecule has 1 aromatic carbocycles. The van der Waals surface area contributed by atoms with Crippen LogP contribution in [0.25, 0.3) is 10.9 Å². The number of aromatic nitrogens is 2. The van der Waals surface area contributed by atoms with Crippen LogP contribution in [0.15, 0.2) is 54.9 Å². The van der Waals surface area contributed by atoms with Crippen LogP contribution in [0.3, 0.4) is 0 Å². The van der Waals surface area contributed by atoms with E-state index in [0.717, 1.165) is 28.0 Å². The standard InChI is InChI=1S/C16H15N3O/c1-17-16-13(5-3-9-19-16)11-20-14-7-6-12-4-2-8-18-15(12)10-14/h2-10H,11H2,1H3,(H,17,19). The van der Waals surface area contributed by atoms with Gasteiger partial charge in [-0.25, -0.2) is 4.98 Å². The molecule has 0 fully saturated rings. The molecule has 100 valence electrons. The van der Waals surface area contributed by atoms with Gasteiger partial charge in [-0.1, -0.05) is 12.1 Å². The molecule has 0 spiro atoms. The molecule has 0 aliphatic carbocycles. The quantitative estimate of drug-likeness (QED) is 0.786. The van der Waals surface area contributed by atoms with Crippen LogP contribution < -0.4 is 10.1 Å². The Hall–Kier alpha value is -2.62. The van der Waals surface area contributed by atoms with Crippen LogP contribution in [0, 0.1) is 0 Å². The predicted molar refractivity (Wildman–Crippen MR) is 79.9 cm³/mol. The molecule has 0 bridgehead atoms. The number of anilines is 1. The first kappa shape index (κ1) is 12.4. The van der Waals surface area contributed by atoms with E-state index in [2.05, 4.69) is 15.3 Å². The van der Waals surface area contributed by atoms with Gasteiger partial charge < -0.3 is 10.1 Å². The van der Waals surface area contributed by atoms with Gasteiger partial charge in [-0.15, -0.1) is 0 Å². The smallest absolute Gasteiger partial charge is 0.132 e. The zero-order valence-electron chi connectivity index (χ0n) is 11.2. The minimum atomic E-state index is 0.475. The molecule has 0 aliphatic rings. The molecule has 0 amide bonds. The van der Waals surface area contributed by atoms with E-state index < -0.39 is 0 Å². The van der Waals surface area contributed by atoms with Crippen LogP contribution in [0.1, 0.15) is 5.56 Å². The highest BCUT2D eigenvalue weighted by Gasteiger charge is 2.03. The number of fused-ring (bicyclic) bond motifs is 1. The molecule has 0 saturated carbocycles. The first-order valence-corrected chi connectivity index (χ1v) is 6.46. The largest absolute Gasteiger partial charge is 0.489 e. The lowest BCUT2D eigenvalue weighted by Crippen LogP contribution is -2.02. The second-order valence-electron chi connectivity index (χ2n) is 4.41. The highest BCUT2D eigenvalue weighted by atomic mass is 16.5. The van der Waals surface area contributed by atoms with Gasteiger partial charge in [0.25, 0.3) is 0 Å². The molecule has 2 heterocycles. The monoisotopic (exact) mass is 265 g/mol. The van der Waals surface area contributed by atoms with Gasteiger partial charge in [-0.2, -0.15) is 0 Å². The summed E-state index contributed by atoms with van der Waals surface area (Å²) in [6.45, 7) is 0.475. The second-order valence-corrected chi connectivity index (χ2v) is 4.41. The van der Waals surface area contributed by atoms with Crippen LogP contribution in [0.5, 0.6) is 5.75 Å². The summed E-state index contributed by atoms with van der Waals surface area (Å²) in [5, 5.41) is 4.17. The molecular formula is C16H15N3O. The van der Waals surface area contributed by atoms with Gasteiger partial charge in [-0.3, -0.25) is 4.98 Å². The number of rotatable bonds is 4. The maximum atomic E-state index is 5.82. The Morgan fingerprint density at radius 2 is 1.90 bits per heavy atom. The van der Waals surface area contributed by atoms with E-state index in [1.165, 1.54) is 0 Å². The van der Waals surface area contributed by atoms with Crippen molar-refractivity contribution >= 4 is 16.7 Å².